The monoisotopic (exact) mass is 287 g/mol. The van der Waals surface area contributed by atoms with Crippen LogP contribution in [0.4, 0.5) is 0 Å². The van der Waals surface area contributed by atoms with Gasteiger partial charge >= 0.3 is 5.97 Å². The van der Waals surface area contributed by atoms with E-state index in [9.17, 15) is 4.79 Å². The van der Waals surface area contributed by atoms with Crippen molar-refractivity contribution in [3.63, 3.8) is 0 Å². The summed E-state index contributed by atoms with van der Waals surface area (Å²) in [5.41, 5.74) is 2.01. The number of para-hydroxylation sites is 1. The van der Waals surface area contributed by atoms with Gasteiger partial charge in [0.2, 0.25) is 0 Å². The molecule has 21 heavy (non-hydrogen) atoms. The quantitative estimate of drug-likeness (QED) is 0.839. The predicted octanol–water partition coefficient (Wildman–Crippen LogP) is 1.68. The van der Waals surface area contributed by atoms with Crippen LogP contribution in [0.1, 0.15) is 5.56 Å². The molecule has 0 amide bonds. The molecular formula is C16H21N3O2. The topological polar surface area (TPSA) is 56.7 Å². The van der Waals surface area contributed by atoms with Crippen LogP contribution in [0.3, 0.4) is 0 Å². The van der Waals surface area contributed by atoms with Gasteiger partial charge in [-0.15, -0.1) is 0 Å². The van der Waals surface area contributed by atoms with E-state index in [-0.39, 0.29) is 6.54 Å². The first-order valence-electron chi connectivity index (χ1n) is 6.98. The van der Waals surface area contributed by atoms with Crippen molar-refractivity contribution in [1.29, 1.82) is 0 Å². The van der Waals surface area contributed by atoms with E-state index in [0.717, 1.165) is 23.0 Å². The number of pyridine rings is 1. The maximum atomic E-state index is 11.0. The summed E-state index contributed by atoms with van der Waals surface area (Å²) in [6.45, 7) is 2.17. The third kappa shape index (κ3) is 4.51. The number of fused-ring (bicyclic) bond motifs is 1. The fraction of sp³-hybridized carbons (Fsp3) is 0.375. The van der Waals surface area contributed by atoms with Crippen molar-refractivity contribution in [1.82, 2.24) is 14.8 Å². The Kier molecular flexibility index (Phi) is 5.25. The van der Waals surface area contributed by atoms with Gasteiger partial charge in [0.15, 0.2) is 0 Å². The van der Waals surface area contributed by atoms with Gasteiger partial charge in [-0.3, -0.25) is 14.7 Å². The third-order valence-corrected chi connectivity index (χ3v) is 3.33. The molecule has 112 valence electrons. The molecule has 0 bridgehead atoms. The summed E-state index contributed by atoms with van der Waals surface area (Å²) in [5, 5.41) is 10.2. The molecule has 0 aliphatic heterocycles. The van der Waals surface area contributed by atoms with E-state index in [0.29, 0.717) is 13.1 Å². The number of hydrogen-bond acceptors (Lipinski definition) is 4. The lowest BCUT2D eigenvalue weighted by atomic mass is 10.1. The van der Waals surface area contributed by atoms with Crippen LogP contribution in [-0.4, -0.2) is 59.6 Å². The number of rotatable bonds is 7. The van der Waals surface area contributed by atoms with E-state index in [1.54, 1.807) is 6.20 Å². The normalized spacial score (nSPS) is 11.4. The number of carboxylic acid groups (broad SMARTS) is 1. The van der Waals surface area contributed by atoms with Gasteiger partial charge in [-0.05, 0) is 25.7 Å². The summed E-state index contributed by atoms with van der Waals surface area (Å²) in [7, 11) is 3.97. The zero-order valence-electron chi connectivity index (χ0n) is 12.5. The van der Waals surface area contributed by atoms with Gasteiger partial charge in [-0.1, -0.05) is 24.3 Å². The minimum absolute atomic E-state index is 0.0388. The van der Waals surface area contributed by atoms with Crippen molar-refractivity contribution in [3.05, 3.63) is 42.1 Å². The van der Waals surface area contributed by atoms with E-state index in [1.807, 2.05) is 49.3 Å². The number of hydrogen-bond donors (Lipinski definition) is 1. The first-order chi connectivity index (χ1) is 10.1. The van der Waals surface area contributed by atoms with E-state index in [4.69, 9.17) is 5.11 Å². The minimum Gasteiger partial charge on any atom is -0.480 e. The Morgan fingerprint density at radius 3 is 2.67 bits per heavy atom. The van der Waals surface area contributed by atoms with Crippen LogP contribution in [0.15, 0.2) is 36.5 Å². The largest absolute Gasteiger partial charge is 0.480 e. The van der Waals surface area contributed by atoms with Gasteiger partial charge in [0.1, 0.15) is 0 Å². The molecule has 0 unspecified atom stereocenters. The Morgan fingerprint density at radius 2 is 1.95 bits per heavy atom. The minimum atomic E-state index is -0.804. The van der Waals surface area contributed by atoms with Crippen LogP contribution in [0.2, 0.25) is 0 Å². The standard InChI is InChI=1S/C16H21N3O2/c1-18(2)9-10-19(12-15(20)21)11-14-6-3-5-13-7-4-8-17-16(13)14/h3-8H,9-12H2,1-2H3,(H,20,21). The first kappa shape index (κ1) is 15.4. The zero-order valence-corrected chi connectivity index (χ0v) is 12.5. The van der Waals surface area contributed by atoms with Crippen molar-refractivity contribution in [2.75, 3.05) is 33.7 Å². The number of aromatic nitrogens is 1. The molecule has 2 aromatic rings. The fourth-order valence-electron chi connectivity index (χ4n) is 2.28. The third-order valence-electron chi connectivity index (χ3n) is 3.33. The summed E-state index contributed by atoms with van der Waals surface area (Å²) in [4.78, 5) is 19.4. The van der Waals surface area contributed by atoms with Gasteiger partial charge in [-0.25, -0.2) is 0 Å². The summed E-state index contributed by atoms with van der Waals surface area (Å²) in [5.74, 6) is -0.804. The molecular weight excluding hydrogens is 266 g/mol. The number of aliphatic carboxylic acids is 1. The molecule has 0 fully saturated rings. The lowest BCUT2D eigenvalue weighted by molar-refractivity contribution is -0.138. The number of likely N-dealkylation sites (N-methyl/N-ethyl adjacent to an activating group) is 1. The van der Waals surface area contributed by atoms with Crippen molar-refractivity contribution in [2.24, 2.45) is 0 Å². The van der Waals surface area contributed by atoms with Gasteiger partial charge in [0, 0.05) is 31.2 Å². The van der Waals surface area contributed by atoms with Crippen molar-refractivity contribution >= 4 is 16.9 Å². The van der Waals surface area contributed by atoms with E-state index in [2.05, 4.69) is 9.88 Å². The van der Waals surface area contributed by atoms with Crippen LogP contribution in [-0.2, 0) is 11.3 Å². The maximum Gasteiger partial charge on any atom is 0.317 e. The Bertz CT molecular complexity index is 608. The van der Waals surface area contributed by atoms with Crippen LogP contribution in [0.5, 0.6) is 0 Å². The molecule has 0 saturated heterocycles. The second-order valence-corrected chi connectivity index (χ2v) is 5.40. The van der Waals surface area contributed by atoms with Crippen LogP contribution in [0, 0.1) is 0 Å². The molecule has 0 aliphatic rings. The second kappa shape index (κ2) is 7.15. The van der Waals surface area contributed by atoms with Crippen molar-refractivity contribution < 1.29 is 9.90 Å². The predicted molar refractivity (Wildman–Crippen MR) is 83.2 cm³/mol. The Hall–Kier alpha value is -1.98. The van der Waals surface area contributed by atoms with Crippen LogP contribution >= 0.6 is 0 Å². The molecule has 5 nitrogen and oxygen atoms in total. The summed E-state index contributed by atoms with van der Waals surface area (Å²) in [6, 6.07) is 9.96. The van der Waals surface area contributed by atoms with Crippen molar-refractivity contribution in [3.8, 4) is 0 Å². The summed E-state index contributed by atoms with van der Waals surface area (Å²) in [6.07, 6.45) is 1.77. The molecule has 1 aromatic heterocycles. The van der Waals surface area contributed by atoms with Gasteiger partial charge in [0.05, 0.1) is 12.1 Å². The molecule has 2 rings (SSSR count). The van der Waals surface area contributed by atoms with E-state index < -0.39 is 5.97 Å². The smallest absolute Gasteiger partial charge is 0.317 e. The highest BCUT2D eigenvalue weighted by Gasteiger charge is 2.12. The van der Waals surface area contributed by atoms with Gasteiger partial charge in [0.25, 0.3) is 0 Å². The molecule has 1 heterocycles. The summed E-state index contributed by atoms with van der Waals surface area (Å²) < 4.78 is 0. The Labute approximate surface area is 124 Å². The average molecular weight is 287 g/mol. The summed E-state index contributed by atoms with van der Waals surface area (Å²) >= 11 is 0. The number of carboxylic acids is 1. The lowest BCUT2D eigenvalue weighted by Gasteiger charge is -2.22. The van der Waals surface area contributed by atoms with Crippen LogP contribution in [0.25, 0.3) is 10.9 Å². The maximum absolute atomic E-state index is 11.0. The lowest BCUT2D eigenvalue weighted by Crippen LogP contribution is -2.35. The van der Waals surface area contributed by atoms with Crippen molar-refractivity contribution in [2.45, 2.75) is 6.54 Å². The molecule has 1 N–H and O–H groups in total. The SMILES string of the molecule is CN(C)CCN(CC(=O)O)Cc1cccc2cccnc12. The molecule has 0 spiro atoms. The second-order valence-electron chi connectivity index (χ2n) is 5.40. The molecule has 0 aliphatic carbocycles. The molecule has 0 saturated carbocycles. The number of benzene rings is 1. The molecule has 5 heteroatoms. The fourth-order valence-corrected chi connectivity index (χ4v) is 2.28. The zero-order chi connectivity index (χ0) is 15.2. The number of nitrogens with zero attached hydrogens (tertiary/aromatic N) is 3. The molecule has 1 aromatic carbocycles. The Balaban J connectivity index is 2.19. The van der Waals surface area contributed by atoms with Gasteiger partial charge in [-0.2, -0.15) is 0 Å². The first-order valence-corrected chi connectivity index (χ1v) is 6.98. The van der Waals surface area contributed by atoms with Gasteiger partial charge < -0.3 is 10.0 Å². The Morgan fingerprint density at radius 1 is 1.19 bits per heavy atom. The molecule has 0 radical (unpaired) electrons. The average Bonchev–Trinajstić information content (AvgIpc) is 2.44. The van der Waals surface area contributed by atoms with E-state index >= 15 is 0 Å². The van der Waals surface area contributed by atoms with E-state index in [1.165, 1.54) is 0 Å². The van der Waals surface area contributed by atoms with Crippen LogP contribution < -0.4 is 0 Å². The molecule has 0 atom stereocenters. The number of carbonyl (C=O) groups is 1. The highest BCUT2D eigenvalue weighted by molar-refractivity contribution is 5.81. The highest BCUT2D eigenvalue weighted by atomic mass is 16.4. The highest BCUT2D eigenvalue weighted by Crippen LogP contribution is 2.17.